The smallest absolute Gasteiger partial charge is 0.248 e. The molecule has 180 valence electrons. The molecule has 2 aromatic rings. The summed E-state index contributed by atoms with van der Waals surface area (Å²) in [5, 5.41) is 12.2. The molecule has 33 heavy (non-hydrogen) atoms. The second-order valence-electron chi connectivity index (χ2n) is 7.58. The fourth-order valence-corrected chi connectivity index (χ4v) is 2.93. The van der Waals surface area contributed by atoms with Crippen LogP contribution in [-0.4, -0.2) is 65.0 Å². The van der Waals surface area contributed by atoms with Gasteiger partial charge in [-0.3, -0.25) is 4.79 Å². The van der Waals surface area contributed by atoms with Gasteiger partial charge in [0.2, 0.25) is 5.91 Å². The van der Waals surface area contributed by atoms with Crippen molar-refractivity contribution in [2.75, 3.05) is 54.2 Å². The van der Waals surface area contributed by atoms with E-state index < -0.39 is 0 Å². The maximum absolute atomic E-state index is 12.3. The zero-order valence-corrected chi connectivity index (χ0v) is 20.3. The van der Waals surface area contributed by atoms with Crippen LogP contribution >= 0.6 is 0 Å². The average Bonchev–Trinajstić information content (AvgIpc) is 2.82. The lowest BCUT2D eigenvalue weighted by molar-refractivity contribution is -0.135. The van der Waals surface area contributed by atoms with Crippen LogP contribution in [0.25, 0.3) is 0 Å². The van der Waals surface area contributed by atoms with Crippen molar-refractivity contribution in [1.29, 1.82) is 5.26 Å². The van der Waals surface area contributed by atoms with E-state index in [1.165, 1.54) is 5.56 Å². The fourth-order valence-electron chi connectivity index (χ4n) is 2.93. The molecule has 0 radical (unpaired) electrons. The Balaban J connectivity index is 0.00000172. The third kappa shape index (κ3) is 12.6. The van der Waals surface area contributed by atoms with E-state index in [1.54, 1.807) is 33.5 Å². The van der Waals surface area contributed by atoms with Gasteiger partial charge in [-0.15, -0.1) is 0 Å². The maximum atomic E-state index is 12.3. The van der Waals surface area contributed by atoms with E-state index >= 15 is 0 Å². The number of ether oxygens (including phenoxy) is 3. The highest BCUT2D eigenvalue weighted by Gasteiger charge is 2.13. The predicted octanol–water partition coefficient (Wildman–Crippen LogP) is 3.55. The monoisotopic (exact) mass is 455 g/mol. The van der Waals surface area contributed by atoms with E-state index in [2.05, 4.69) is 47.3 Å². The van der Waals surface area contributed by atoms with Gasteiger partial charge in [0.15, 0.2) is 0 Å². The first kappa shape index (κ1) is 28.1. The van der Waals surface area contributed by atoms with Crippen LogP contribution in [0, 0.1) is 18.3 Å². The molecule has 0 bridgehead atoms. The van der Waals surface area contributed by atoms with Crippen LogP contribution in [0.3, 0.4) is 0 Å². The van der Waals surface area contributed by atoms with Crippen LogP contribution in [0.2, 0.25) is 0 Å². The fraction of sp³-hybridized carbons (Fsp3) is 0.462. The van der Waals surface area contributed by atoms with Crippen molar-refractivity contribution in [3.63, 3.8) is 0 Å². The number of unbranched alkanes of at least 4 members (excludes halogenated alkanes) is 1. The first-order chi connectivity index (χ1) is 16.0. The SMILES string of the molecule is COC.COCC(=O)N(CCNCCCCOc1ccc(C#N)cc1)Cc1ccc(C)cc1. The molecule has 2 aromatic carbocycles. The maximum Gasteiger partial charge on any atom is 0.248 e. The second kappa shape index (κ2) is 17.6. The van der Waals surface area contributed by atoms with Crippen molar-refractivity contribution in [1.82, 2.24) is 10.2 Å². The van der Waals surface area contributed by atoms with E-state index in [4.69, 9.17) is 14.7 Å². The number of carbonyl (C=O) groups excluding carboxylic acids is 1. The van der Waals surface area contributed by atoms with Crippen molar-refractivity contribution < 1.29 is 19.0 Å². The van der Waals surface area contributed by atoms with Crippen LogP contribution < -0.4 is 10.1 Å². The minimum atomic E-state index is -0.00399. The number of aryl methyl sites for hydroxylation is 1. The molecule has 0 aliphatic heterocycles. The number of amides is 1. The number of methoxy groups -OCH3 is 2. The summed E-state index contributed by atoms with van der Waals surface area (Å²) in [6.07, 6.45) is 1.92. The van der Waals surface area contributed by atoms with Crippen LogP contribution in [0.5, 0.6) is 5.75 Å². The van der Waals surface area contributed by atoms with Gasteiger partial charge in [0.1, 0.15) is 12.4 Å². The molecule has 7 nitrogen and oxygen atoms in total. The largest absolute Gasteiger partial charge is 0.494 e. The number of hydrogen-bond donors (Lipinski definition) is 1. The number of benzene rings is 2. The van der Waals surface area contributed by atoms with Gasteiger partial charge in [-0.2, -0.15) is 5.26 Å². The molecule has 1 amide bonds. The molecule has 0 fully saturated rings. The van der Waals surface area contributed by atoms with E-state index in [0.717, 1.165) is 37.2 Å². The molecule has 0 atom stereocenters. The molecular weight excluding hydrogens is 418 g/mol. The number of nitriles is 1. The Hall–Kier alpha value is -2.92. The van der Waals surface area contributed by atoms with Crippen molar-refractivity contribution in [3.05, 3.63) is 65.2 Å². The van der Waals surface area contributed by atoms with Gasteiger partial charge in [0, 0.05) is 41.0 Å². The minimum Gasteiger partial charge on any atom is -0.494 e. The van der Waals surface area contributed by atoms with Crippen LogP contribution in [-0.2, 0) is 20.8 Å². The molecule has 0 aromatic heterocycles. The first-order valence-corrected chi connectivity index (χ1v) is 11.1. The zero-order valence-electron chi connectivity index (χ0n) is 20.3. The lowest BCUT2D eigenvalue weighted by atomic mass is 10.1. The average molecular weight is 456 g/mol. The molecule has 1 N–H and O–H groups in total. The van der Waals surface area contributed by atoms with Crippen LogP contribution in [0.15, 0.2) is 48.5 Å². The molecular formula is C26H37N3O4. The van der Waals surface area contributed by atoms with Crippen molar-refractivity contribution >= 4 is 5.91 Å². The Morgan fingerprint density at radius 3 is 2.27 bits per heavy atom. The van der Waals surface area contributed by atoms with Gasteiger partial charge in [-0.1, -0.05) is 29.8 Å². The third-order valence-electron chi connectivity index (χ3n) is 4.67. The summed E-state index contributed by atoms with van der Waals surface area (Å²) >= 11 is 0. The number of carbonyl (C=O) groups is 1. The van der Waals surface area contributed by atoms with E-state index in [1.807, 2.05) is 17.0 Å². The summed E-state index contributed by atoms with van der Waals surface area (Å²) in [5.41, 5.74) is 2.95. The Morgan fingerprint density at radius 2 is 1.67 bits per heavy atom. The number of hydrogen-bond acceptors (Lipinski definition) is 6. The highest BCUT2D eigenvalue weighted by Crippen LogP contribution is 2.12. The van der Waals surface area contributed by atoms with Crippen LogP contribution in [0.4, 0.5) is 0 Å². The van der Waals surface area contributed by atoms with E-state index in [-0.39, 0.29) is 12.5 Å². The Labute approximate surface area is 198 Å². The highest BCUT2D eigenvalue weighted by atomic mass is 16.5. The normalized spacial score (nSPS) is 10.0. The molecule has 0 heterocycles. The Bertz CT molecular complexity index is 817. The summed E-state index contributed by atoms with van der Waals surface area (Å²) in [5.74, 6) is 0.779. The summed E-state index contributed by atoms with van der Waals surface area (Å²) < 4.78 is 15.0. The second-order valence-corrected chi connectivity index (χ2v) is 7.58. The van der Waals surface area contributed by atoms with Gasteiger partial charge in [-0.25, -0.2) is 0 Å². The van der Waals surface area contributed by atoms with E-state index in [9.17, 15) is 4.79 Å². The van der Waals surface area contributed by atoms with Gasteiger partial charge in [0.25, 0.3) is 0 Å². The van der Waals surface area contributed by atoms with Gasteiger partial charge in [-0.05, 0) is 56.1 Å². The first-order valence-electron chi connectivity index (χ1n) is 11.1. The molecule has 0 saturated heterocycles. The molecule has 0 unspecified atom stereocenters. The lowest BCUT2D eigenvalue weighted by Gasteiger charge is -2.23. The van der Waals surface area contributed by atoms with Crippen molar-refractivity contribution in [2.24, 2.45) is 0 Å². The molecule has 2 rings (SSSR count). The number of rotatable bonds is 13. The van der Waals surface area contributed by atoms with Gasteiger partial charge in [0.05, 0.1) is 18.2 Å². The number of nitrogens with zero attached hydrogens (tertiary/aromatic N) is 2. The van der Waals surface area contributed by atoms with Gasteiger partial charge < -0.3 is 24.4 Å². The molecule has 0 saturated carbocycles. The molecule has 0 aliphatic rings. The summed E-state index contributed by atoms with van der Waals surface area (Å²) in [7, 11) is 4.79. The predicted molar refractivity (Wildman–Crippen MR) is 130 cm³/mol. The molecule has 7 heteroatoms. The van der Waals surface area contributed by atoms with Crippen molar-refractivity contribution in [2.45, 2.75) is 26.3 Å². The Kier molecular flexibility index (Phi) is 15.0. The van der Waals surface area contributed by atoms with E-state index in [0.29, 0.717) is 25.3 Å². The summed E-state index contributed by atoms with van der Waals surface area (Å²) in [6.45, 7) is 5.61. The highest BCUT2D eigenvalue weighted by molar-refractivity contribution is 5.77. The lowest BCUT2D eigenvalue weighted by Crippen LogP contribution is -2.38. The Morgan fingerprint density at radius 1 is 1.00 bits per heavy atom. The summed E-state index contributed by atoms with van der Waals surface area (Å²) in [6, 6.07) is 17.5. The number of nitrogens with one attached hydrogen (secondary N) is 1. The molecule has 0 spiro atoms. The van der Waals surface area contributed by atoms with Crippen LogP contribution in [0.1, 0.15) is 29.5 Å². The van der Waals surface area contributed by atoms with Gasteiger partial charge >= 0.3 is 0 Å². The van der Waals surface area contributed by atoms with Crippen molar-refractivity contribution in [3.8, 4) is 11.8 Å². The topological polar surface area (TPSA) is 83.8 Å². The third-order valence-corrected chi connectivity index (χ3v) is 4.67. The quantitative estimate of drug-likeness (QED) is 0.465. The zero-order chi connectivity index (χ0) is 24.3. The minimum absolute atomic E-state index is 0.00399. The summed E-state index contributed by atoms with van der Waals surface area (Å²) in [4.78, 5) is 14.2. The molecule has 0 aliphatic carbocycles. The standard InChI is InChI=1S/C24H31N3O3.C2H6O/c1-20-5-7-22(8-6-20)18-27(24(28)19-29-2)15-14-26-13-3-4-16-30-23-11-9-21(17-25)10-12-23;1-3-2/h5-12,26H,3-4,13-16,18-19H2,1-2H3;1-2H3.